The summed E-state index contributed by atoms with van der Waals surface area (Å²) in [4.78, 5) is 11.8. The molecule has 2 amide bonds. The van der Waals surface area contributed by atoms with Crippen molar-refractivity contribution in [1.29, 1.82) is 0 Å². The van der Waals surface area contributed by atoms with Gasteiger partial charge in [0.1, 0.15) is 5.82 Å². The van der Waals surface area contributed by atoms with Crippen LogP contribution >= 0.6 is 0 Å². The number of nitrogens with one attached hydrogen (secondary N) is 2. The van der Waals surface area contributed by atoms with Crippen LogP contribution in [0.5, 0.6) is 0 Å². The van der Waals surface area contributed by atoms with Crippen LogP contribution in [0.1, 0.15) is 24.8 Å². The molecule has 1 aromatic carbocycles. The van der Waals surface area contributed by atoms with Gasteiger partial charge < -0.3 is 20.5 Å². The molecular weight excluding hydrogens is 287 g/mol. The summed E-state index contributed by atoms with van der Waals surface area (Å²) < 4.78 is 18.6. The fraction of sp³-hybridized carbons (Fsp3) is 0.562. The lowest BCUT2D eigenvalue weighted by atomic mass is 9.74. The first-order chi connectivity index (χ1) is 10.7. The highest BCUT2D eigenvalue weighted by Crippen LogP contribution is 2.34. The first-order valence-electron chi connectivity index (χ1n) is 7.63. The summed E-state index contributed by atoms with van der Waals surface area (Å²) in [6.07, 6.45) is 2.11. The Labute approximate surface area is 129 Å². The van der Waals surface area contributed by atoms with E-state index in [-0.39, 0.29) is 23.9 Å². The molecule has 2 rings (SSSR count). The van der Waals surface area contributed by atoms with Gasteiger partial charge in [-0.05, 0) is 37.0 Å². The number of carbonyl (C=O) groups is 1. The lowest BCUT2D eigenvalue weighted by molar-refractivity contribution is 0.0506. The maximum atomic E-state index is 13.1. The van der Waals surface area contributed by atoms with Crippen molar-refractivity contribution in [2.75, 3.05) is 32.9 Å². The lowest BCUT2D eigenvalue weighted by Gasteiger charge is -2.38. The molecular formula is C16H23FN2O3. The molecule has 0 radical (unpaired) electrons. The Kier molecular flexibility index (Phi) is 6.15. The predicted octanol–water partition coefficient (Wildman–Crippen LogP) is 1.56. The van der Waals surface area contributed by atoms with Crippen LogP contribution in [0.3, 0.4) is 0 Å². The Morgan fingerprint density at radius 1 is 1.23 bits per heavy atom. The van der Waals surface area contributed by atoms with Crippen LogP contribution in [0.25, 0.3) is 0 Å². The second-order valence-corrected chi connectivity index (χ2v) is 5.59. The predicted molar refractivity (Wildman–Crippen MR) is 81.2 cm³/mol. The van der Waals surface area contributed by atoms with Crippen molar-refractivity contribution in [2.45, 2.75) is 24.7 Å². The molecule has 0 aliphatic carbocycles. The molecule has 1 aliphatic rings. The summed E-state index contributed by atoms with van der Waals surface area (Å²) in [6.45, 7) is 2.23. The normalized spacial score (nSPS) is 17.0. The number of benzene rings is 1. The van der Waals surface area contributed by atoms with Gasteiger partial charge in [0.05, 0.1) is 0 Å². The number of amides is 2. The van der Waals surface area contributed by atoms with Gasteiger partial charge in [-0.1, -0.05) is 12.1 Å². The minimum atomic E-state index is -0.263. The molecule has 122 valence electrons. The molecule has 0 saturated carbocycles. The van der Waals surface area contributed by atoms with Gasteiger partial charge in [0.2, 0.25) is 0 Å². The number of aliphatic hydroxyl groups is 1. The van der Waals surface area contributed by atoms with E-state index in [9.17, 15) is 9.18 Å². The van der Waals surface area contributed by atoms with Crippen molar-refractivity contribution in [3.63, 3.8) is 0 Å². The van der Waals surface area contributed by atoms with E-state index in [2.05, 4.69) is 10.6 Å². The van der Waals surface area contributed by atoms with E-state index in [4.69, 9.17) is 9.84 Å². The van der Waals surface area contributed by atoms with E-state index >= 15 is 0 Å². The molecule has 0 unspecified atom stereocenters. The third-order valence-electron chi connectivity index (χ3n) is 4.11. The summed E-state index contributed by atoms with van der Waals surface area (Å²) in [5.74, 6) is -0.263. The van der Waals surface area contributed by atoms with Crippen LogP contribution in [0, 0.1) is 5.82 Å². The Hall–Kier alpha value is -1.66. The van der Waals surface area contributed by atoms with E-state index < -0.39 is 0 Å². The second-order valence-electron chi connectivity index (χ2n) is 5.59. The fourth-order valence-corrected chi connectivity index (χ4v) is 2.73. The van der Waals surface area contributed by atoms with Gasteiger partial charge in [-0.2, -0.15) is 0 Å². The molecule has 6 heteroatoms. The van der Waals surface area contributed by atoms with Gasteiger partial charge in [0, 0.05) is 38.3 Å². The molecule has 1 fully saturated rings. The lowest BCUT2D eigenvalue weighted by Crippen LogP contribution is -2.47. The molecule has 0 spiro atoms. The largest absolute Gasteiger partial charge is 0.396 e. The van der Waals surface area contributed by atoms with Crippen LogP contribution in [0.4, 0.5) is 9.18 Å². The highest BCUT2D eigenvalue weighted by Gasteiger charge is 2.34. The van der Waals surface area contributed by atoms with E-state index in [1.807, 2.05) is 0 Å². The number of halogens is 1. The summed E-state index contributed by atoms with van der Waals surface area (Å²) >= 11 is 0. The quantitative estimate of drug-likeness (QED) is 0.698. The molecule has 5 nitrogen and oxygen atoms in total. The molecule has 1 saturated heterocycles. The fourth-order valence-electron chi connectivity index (χ4n) is 2.73. The van der Waals surface area contributed by atoms with Crippen LogP contribution in [-0.2, 0) is 10.2 Å². The highest BCUT2D eigenvalue weighted by atomic mass is 19.1. The molecule has 1 heterocycles. The SMILES string of the molecule is O=C(NCCCO)NCC1(c2ccc(F)cc2)CCOCC1. The van der Waals surface area contributed by atoms with E-state index in [1.165, 1.54) is 12.1 Å². The number of carbonyl (C=O) groups excluding carboxylic acids is 1. The molecule has 1 aromatic rings. The van der Waals surface area contributed by atoms with Gasteiger partial charge in [-0.3, -0.25) is 0 Å². The molecule has 22 heavy (non-hydrogen) atoms. The zero-order valence-electron chi connectivity index (χ0n) is 12.6. The second kappa shape index (κ2) is 8.10. The van der Waals surface area contributed by atoms with Crippen molar-refractivity contribution >= 4 is 6.03 Å². The summed E-state index contributed by atoms with van der Waals surface area (Å²) in [7, 11) is 0. The van der Waals surface area contributed by atoms with Crippen LogP contribution in [0.15, 0.2) is 24.3 Å². The van der Waals surface area contributed by atoms with E-state index in [1.54, 1.807) is 12.1 Å². The minimum absolute atomic E-state index is 0.0527. The topological polar surface area (TPSA) is 70.6 Å². The maximum Gasteiger partial charge on any atom is 0.314 e. The van der Waals surface area contributed by atoms with Gasteiger partial charge in [0.15, 0.2) is 0 Å². The zero-order chi connectivity index (χ0) is 15.8. The third-order valence-corrected chi connectivity index (χ3v) is 4.11. The third kappa shape index (κ3) is 4.42. The molecule has 3 N–H and O–H groups in total. The number of aliphatic hydroxyl groups excluding tert-OH is 1. The number of ether oxygens (including phenoxy) is 1. The maximum absolute atomic E-state index is 13.1. The van der Waals surface area contributed by atoms with Gasteiger partial charge in [-0.15, -0.1) is 0 Å². The number of hydrogen-bond acceptors (Lipinski definition) is 3. The minimum Gasteiger partial charge on any atom is -0.396 e. The standard InChI is InChI=1S/C16H23FN2O3/c17-14-4-2-13(3-5-14)16(6-10-22-11-7-16)12-19-15(21)18-8-1-9-20/h2-5,20H,1,6-12H2,(H2,18,19,21). The van der Waals surface area contributed by atoms with Gasteiger partial charge >= 0.3 is 6.03 Å². The Balaban J connectivity index is 2.00. The van der Waals surface area contributed by atoms with Gasteiger partial charge in [0.25, 0.3) is 0 Å². The first kappa shape index (κ1) is 16.7. The molecule has 0 aromatic heterocycles. The van der Waals surface area contributed by atoms with E-state index in [0.29, 0.717) is 32.7 Å². The summed E-state index contributed by atoms with van der Waals surface area (Å²) in [5.41, 5.74) is 0.799. The number of hydrogen-bond donors (Lipinski definition) is 3. The van der Waals surface area contributed by atoms with E-state index in [0.717, 1.165) is 18.4 Å². The Bertz CT molecular complexity index is 473. The van der Waals surface area contributed by atoms with Crippen LogP contribution in [-0.4, -0.2) is 44.0 Å². The number of rotatable bonds is 6. The highest BCUT2D eigenvalue weighted by molar-refractivity contribution is 5.73. The smallest absolute Gasteiger partial charge is 0.314 e. The van der Waals surface area contributed by atoms with Gasteiger partial charge in [-0.25, -0.2) is 9.18 Å². The Morgan fingerprint density at radius 2 is 1.91 bits per heavy atom. The van der Waals surface area contributed by atoms with Crippen molar-refractivity contribution in [3.05, 3.63) is 35.6 Å². The summed E-state index contributed by atoms with van der Waals surface area (Å²) in [5, 5.41) is 14.3. The molecule has 0 atom stereocenters. The van der Waals surface area contributed by atoms with Crippen LogP contribution in [0.2, 0.25) is 0 Å². The molecule has 0 bridgehead atoms. The van der Waals surface area contributed by atoms with Crippen LogP contribution < -0.4 is 10.6 Å². The van der Waals surface area contributed by atoms with Crippen molar-refractivity contribution in [2.24, 2.45) is 0 Å². The first-order valence-corrected chi connectivity index (χ1v) is 7.63. The zero-order valence-corrected chi connectivity index (χ0v) is 12.6. The van der Waals surface area contributed by atoms with Crippen molar-refractivity contribution < 1.29 is 19.0 Å². The Morgan fingerprint density at radius 3 is 2.55 bits per heavy atom. The monoisotopic (exact) mass is 310 g/mol. The average Bonchev–Trinajstić information content (AvgIpc) is 2.55. The van der Waals surface area contributed by atoms with Crippen molar-refractivity contribution in [1.82, 2.24) is 10.6 Å². The average molecular weight is 310 g/mol. The number of urea groups is 1. The molecule has 1 aliphatic heterocycles. The summed E-state index contributed by atoms with van der Waals surface area (Å²) in [6, 6.07) is 6.22. The van der Waals surface area contributed by atoms with Crippen molar-refractivity contribution in [3.8, 4) is 0 Å².